The van der Waals surface area contributed by atoms with Gasteiger partial charge in [0.15, 0.2) is 5.82 Å². The Hall–Kier alpha value is -2.43. The summed E-state index contributed by atoms with van der Waals surface area (Å²) in [6.07, 6.45) is 0.859. The maximum Gasteiger partial charge on any atom is 0.257 e. The van der Waals surface area contributed by atoms with E-state index in [0.29, 0.717) is 6.54 Å². The molecule has 0 radical (unpaired) electrons. The van der Waals surface area contributed by atoms with Crippen LogP contribution < -0.4 is 11.1 Å². The second kappa shape index (κ2) is 5.16. The first kappa shape index (κ1) is 13.5. The van der Waals surface area contributed by atoms with Gasteiger partial charge in [-0.15, -0.1) is 0 Å². The van der Waals surface area contributed by atoms with Crippen LogP contribution in [0.15, 0.2) is 36.4 Å². The van der Waals surface area contributed by atoms with Crippen LogP contribution in [0.3, 0.4) is 0 Å². The first-order chi connectivity index (χ1) is 10.1. The average molecular weight is 288 g/mol. The molecule has 1 amide bonds. The van der Waals surface area contributed by atoms with E-state index in [1.807, 2.05) is 24.3 Å². The highest BCUT2D eigenvalue weighted by Crippen LogP contribution is 2.34. The third-order valence-electron chi connectivity index (χ3n) is 3.82. The standard InChI is InChI=1S/C16H14F2N2O/c17-12-5-6-13(19)15(18)14(12)16(21)20-8-10-7-9-3-1-2-4-11(9)10/h1-6,10H,7-8,19H2,(H,20,21). The van der Waals surface area contributed by atoms with Gasteiger partial charge in [0.05, 0.1) is 5.69 Å². The summed E-state index contributed by atoms with van der Waals surface area (Å²) < 4.78 is 27.3. The molecule has 3 nitrogen and oxygen atoms in total. The van der Waals surface area contributed by atoms with Crippen LogP contribution in [0.2, 0.25) is 0 Å². The second-order valence-electron chi connectivity index (χ2n) is 5.14. The molecule has 0 spiro atoms. The van der Waals surface area contributed by atoms with Crippen LogP contribution in [0.4, 0.5) is 14.5 Å². The Morgan fingerprint density at radius 2 is 2.00 bits per heavy atom. The second-order valence-corrected chi connectivity index (χ2v) is 5.14. The zero-order valence-corrected chi connectivity index (χ0v) is 11.2. The molecule has 1 aliphatic carbocycles. The highest BCUT2D eigenvalue weighted by atomic mass is 19.1. The van der Waals surface area contributed by atoms with E-state index in [-0.39, 0.29) is 11.6 Å². The smallest absolute Gasteiger partial charge is 0.257 e. The van der Waals surface area contributed by atoms with Gasteiger partial charge in [0.1, 0.15) is 11.4 Å². The van der Waals surface area contributed by atoms with Gasteiger partial charge in [0.2, 0.25) is 0 Å². The quantitative estimate of drug-likeness (QED) is 0.853. The number of halogens is 2. The lowest BCUT2D eigenvalue weighted by Crippen LogP contribution is -2.34. The molecular weight excluding hydrogens is 274 g/mol. The molecule has 0 aromatic heterocycles. The van der Waals surface area contributed by atoms with Crippen LogP contribution >= 0.6 is 0 Å². The molecule has 1 atom stereocenters. The van der Waals surface area contributed by atoms with Crippen LogP contribution in [-0.2, 0) is 6.42 Å². The maximum absolute atomic E-state index is 13.7. The fourth-order valence-corrected chi connectivity index (χ4v) is 2.63. The van der Waals surface area contributed by atoms with Gasteiger partial charge < -0.3 is 11.1 Å². The van der Waals surface area contributed by atoms with Crippen molar-refractivity contribution < 1.29 is 13.6 Å². The van der Waals surface area contributed by atoms with E-state index in [1.165, 1.54) is 11.1 Å². The highest BCUT2D eigenvalue weighted by Gasteiger charge is 2.27. The lowest BCUT2D eigenvalue weighted by atomic mass is 9.77. The molecule has 21 heavy (non-hydrogen) atoms. The molecule has 0 saturated heterocycles. The molecule has 0 saturated carbocycles. The summed E-state index contributed by atoms with van der Waals surface area (Å²) in [4.78, 5) is 11.9. The molecular formula is C16H14F2N2O. The highest BCUT2D eigenvalue weighted by molar-refractivity contribution is 5.95. The minimum atomic E-state index is -1.01. The van der Waals surface area contributed by atoms with E-state index in [1.54, 1.807) is 0 Å². The molecule has 5 heteroatoms. The third kappa shape index (κ3) is 2.35. The van der Waals surface area contributed by atoms with E-state index in [2.05, 4.69) is 5.32 Å². The number of amides is 1. The first-order valence-electron chi connectivity index (χ1n) is 6.67. The third-order valence-corrected chi connectivity index (χ3v) is 3.82. The minimum Gasteiger partial charge on any atom is -0.396 e. The van der Waals surface area contributed by atoms with Crippen LogP contribution in [0.5, 0.6) is 0 Å². The van der Waals surface area contributed by atoms with Gasteiger partial charge in [0, 0.05) is 12.5 Å². The predicted octanol–water partition coefficient (Wildman–Crippen LogP) is 2.62. The van der Waals surface area contributed by atoms with Gasteiger partial charge >= 0.3 is 0 Å². The molecule has 2 aromatic carbocycles. The summed E-state index contributed by atoms with van der Waals surface area (Å²) in [5.41, 5.74) is 6.92. The number of carbonyl (C=O) groups is 1. The number of nitrogen functional groups attached to an aromatic ring is 1. The van der Waals surface area contributed by atoms with Crippen molar-refractivity contribution in [2.75, 3.05) is 12.3 Å². The van der Waals surface area contributed by atoms with Crippen molar-refractivity contribution in [3.8, 4) is 0 Å². The summed E-state index contributed by atoms with van der Waals surface area (Å²) in [6, 6.07) is 10.0. The van der Waals surface area contributed by atoms with Crippen LogP contribution in [0.1, 0.15) is 27.4 Å². The number of fused-ring (bicyclic) bond motifs is 1. The molecule has 2 aromatic rings. The van der Waals surface area contributed by atoms with Crippen LogP contribution in [0.25, 0.3) is 0 Å². The monoisotopic (exact) mass is 288 g/mol. The number of hydrogen-bond donors (Lipinski definition) is 2. The zero-order valence-electron chi connectivity index (χ0n) is 11.2. The molecule has 3 N–H and O–H groups in total. The maximum atomic E-state index is 13.7. The van der Waals surface area contributed by atoms with E-state index in [9.17, 15) is 13.6 Å². The number of anilines is 1. The Balaban J connectivity index is 1.70. The SMILES string of the molecule is Nc1ccc(F)c(C(=O)NCC2Cc3ccccc32)c1F. The van der Waals surface area contributed by atoms with Crippen molar-refractivity contribution in [3.05, 3.63) is 64.7 Å². The Bertz CT molecular complexity index is 715. The van der Waals surface area contributed by atoms with E-state index >= 15 is 0 Å². The van der Waals surface area contributed by atoms with E-state index in [4.69, 9.17) is 5.73 Å². The largest absolute Gasteiger partial charge is 0.396 e. The summed E-state index contributed by atoms with van der Waals surface area (Å²) in [5.74, 6) is -2.51. The fourth-order valence-electron chi connectivity index (χ4n) is 2.63. The summed E-state index contributed by atoms with van der Waals surface area (Å²) >= 11 is 0. The van der Waals surface area contributed by atoms with Gasteiger partial charge in [0.25, 0.3) is 5.91 Å². The van der Waals surface area contributed by atoms with Crippen LogP contribution in [-0.4, -0.2) is 12.5 Å². The normalized spacial score (nSPS) is 16.0. The van der Waals surface area contributed by atoms with Crippen molar-refractivity contribution in [2.24, 2.45) is 0 Å². The molecule has 0 heterocycles. The van der Waals surface area contributed by atoms with E-state index < -0.39 is 23.1 Å². The topological polar surface area (TPSA) is 55.1 Å². The van der Waals surface area contributed by atoms with Crippen molar-refractivity contribution in [2.45, 2.75) is 12.3 Å². The summed E-state index contributed by atoms with van der Waals surface area (Å²) in [5, 5.41) is 2.58. The molecule has 108 valence electrons. The van der Waals surface area contributed by atoms with Crippen molar-refractivity contribution in [1.82, 2.24) is 5.32 Å². The number of hydrogen-bond acceptors (Lipinski definition) is 2. The number of nitrogens with two attached hydrogens (primary N) is 1. The molecule has 0 aliphatic heterocycles. The average Bonchev–Trinajstić information content (AvgIpc) is 2.44. The van der Waals surface area contributed by atoms with Gasteiger partial charge in [-0.25, -0.2) is 8.78 Å². The summed E-state index contributed by atoms with van der Waals surface area (Å²) in [6.45, 7) is 0.351. The molecule has 0 fully saturated rings. The number of benzene rings is 2. The van der Waals surface area contributed by atoms with Gasteiger partial charge in [-0.2, -0.15) is 0 Å². The molecule has 1 aliphatic rings. The van der Waals surface area contributed by atoms with Crippen molar-refractivity contribution in [3.63, 3.8) is 0 Å². The van der Waals surface area contributed by atoms with Crippen molar-refractivity contribution in [1.29, 1.82) is 0 Å². The van der Waals surface area contributed by atoms with Crippen molar-refractivity contribution >= 4 is 11.6 Å². The fraction of sp³-hybridized carbons (Fsp3) is 0.188. The molecule has 1 unspecified atom stereocenters. The number of nitrogens with one attached hydrogen (secondary N) is 1. The Kier molecular flexibility index (Phi) is 3.33. The lowest BCUT2D eigenvalue weighted by molar-refractivity contribution is 0.0941. The zero-order chi connectivity index (χ0) is 15.0. The number of carbonyl (C=O) groups excluding carboxylic acids is 1. The van der Waals surface area contributed by atoms with Gasteiger partial charge in [-0.05, 0) is 29.7 Å². The van der Waals surface area contributed by atoms with E-state index in [0.717, 1.165) is 18.6 Å². The lowest BCUT2D eigenvalue weighted by Gasteiger charge is -2.30. The minimum absolute atomic E-state index is 0.192. The molecule has 3 rings (SSSR count). The van der Waals surface area contributed by atoms with Gasteiger partial charge in [-0.3, -0.25) is 4.79 Å². The van der Waals surface area contributed by atoms with Gasteiger partial charge in [-0.1, -0.05) is 24.3 Å². The number of rotatable bonds is 3. The molecule has 0 bridgehead atoms. The predicted molar refractivity (Wildman–Crippen MR) is 76.0 cm³/mol. The van der Waals surface area contributed by atoms with Crippen LogP contribution in [0, 0.1) is 11.6 Å². The Morgan fingerprint density at radius 3 is 2.76 bits per heavy atom. The Morgan fingerprint density at radius 1 is 1.24 bits per heavy atom. The first-order valence-corrected chi connectivity index (χ1v) is 6.67. The Labute approximate surface area is 120 Å². The summed E-state index contributed by atoms with van der Waals surface area (Å²) in [7, 11) is 0.